The summed E-state index contributed by atoms with van der Waals surface area (Å²) < 4.78 is 5.02. The van der Waals surface area contributed by atoms with Gasteiger partial charge in [0.1, 0.15) is 0 Å². The zero-order valence-corrected chi connectivity index (χ0v) is 12.3. The lowest BCUT2D eigenvalue weighted by molar-refractivity contribution is -0.386. The van der Waals surface area contributed by atoms with Crippen LogP contribution >= 0.6 is 0 Å². The van der Waals surface area contributed by atoms with Crippen LogP contribution in [0.1, 0.15) is 29.5 Å². The number of aryl methyl sites for hydroxylation is 2. The molecule has 1 N–H and O–H groups in total. The zero-order valence-electron chi connectivity index (χ0n) is 12.3. The summed E-state index contributed by atoms with van der Waals surface area (Å²) in [6.45, 7) is 3.66. The van der Waals surface area contributed by atoms with Crippen molar-refractivity contribution in [1.29, 1.82) is 0 Å². The maximum Gasteiger partial charge on any atom is 0.338 e. The first kappa shape index (κ1) is 14.1. The minimum atomic E-state index is -0.476. The van der Waals surface area contributed by atoms with Crippen LogP contribution in [0.15, 0.2) is 28.9 Å². The number of para-hydroxylation sites is 1. The number of nitrogens with zero attached hydrogens (tertiary/aromatic N) is 2. The van der Waals surface area contributed by atoms with Crippen LogP contribution in [0.3, 0.4) is 0 Å². The Labute approximate surface area is 126 Å². The third-order valence-corrected chi connectivity index (χ3v) is 3.67. The molecule has 112 valence electrons. The molecule has 0 bridgehead atoms. The van der Waals surface area contributed by atoms with Crippen molar-refractivity contribution in [3.05, 3.63) is 57.1 Å². The molecule has 0 unspecified atom stereocenters. The van der Waals surface area contributed by atoms with Crippen LogP contribution in [-0.2, 0) is 6.42 Å². The highest BCUT2D eigenvalue weighted by molar-refractivity contribution is 5.93. The van der Waals surface area contributed by atoms with E-state index in [4.69, 9.17) is 4.52 Å². The average molecular weight is 297 g/mol. The molecule has 0 fully saturated rings. The molecule has 0 aliphatic carbocycles. The van der Waals surface area contributed by atoms with Gasteiger partial charge in [0, 0.05) is 17.1 Å². The molecule has 0 amide bonds. The van der Waals surface area contributed by atoms with Crippen molar-refractivity contribution in [2.24, 2.45) is 0 Å². The van der Waals surface area contributed by atoms with Gasteiger partial charge in [-0.05, 0) is 36.6 Å². The second kappa shape index (κ2) is 5.48. The van der Waals surface area contributed by atoms with Gasteiger partial charge in [0.25, 0.3) is 0 Å². The predicted octanol–water partition coefficient (Wildman–Crippen LogP) is 4.11. The Hall–Kier alpha value is -2.89. The Kier molecular flexibility index (Phi) is 3.50. The maximum absolute atomic E-state index is 11.0. The van der Waals surface area contributed by atoms with Crippen molar-refractivity contribution in [1.82, 2.24) is 10.1 Å². The quantitative estimate of drug-likeness (QED) is 0.580. The van der Waals surface area contributed by atoms with E-state index in [2.05, 4.69) is 23.1 Å². The summed E-state index contributed by atoms with van der Waals surface area (Å²) in [6.07, 6.45) is 6.20. The molecule has 3 rings (SSSR count). The SMILES string of the molecule is CCc1cccc2c(/C=C/c3onc(C)c3[N+](=O)[O-])c[nH]c12. The number of fused-ring (bicyclic) bond motifs is 1. The summed E-state index contributed by atoms with van der Waals surface area (Å²) in [7, 11) is 0. The van der Waals surface area contributed by atoms with Gasteiger partial charge in [-0.25, -0.2) is 0 Å². The maximum atomic E-state index is 11.0. The third-order valence-electron chi connectivity index (χ3n) is 3.67. The number of nitrogens with one attached hydrogen (secondary N) is 1. The smallest absolute Gasteiger partial charge is 0.338 e. The van der Waals surface area contributed by atoms with E-state index in [0.29, 0.717) is 0 Å². The molecular weight excluding hydrogens is 282 g/mol. The van der Waals surface area contributed by atoms with Crippen molar-refractivity contribution in [3.8, 4) is 0 Å². The van der Waals surface area contributed by atoms with Gasteiger partial charge >= 0.3 is 5.69 Å². The van der Waals surface area contributed by atoms with Gasteiger partial charge in [-0.3, -0.25) is 10.1 Å². The third kappa shape index (κ3) is 2.28. The highest BCUT2D eigenvalue weighted by atomic mass is 16.6. The van der Waals surface area contributed by atoms with Gasteiger partial charge in [0.05, 0.1) is 4.92 Å². The molecular formula is C16H15N3O3. The zero-order chi connectivity index (χ0) is 15.7. The number of aromatic nitrogens is 2. The molecule has 6 heteroatoms. The topological polar surface area (TPSA) is 85.0 Å². The first-order valence-electron chi connectivity index (χ1n) is 6.99. The Morgan fingerprint density at radius 2 is 2.23 bits per heavy atom. The monoisotopic (exact) mass is 297 g/mol. The lowest BCUT2D eigenvalue weighted by atomic mass is 10.1. The second-order valence-corrected chi connectivity index (χ2v) is 5.01. The summed E-state index contributed by atoms with van der Waals surface area (Å²) >= 11 is 0. The summed E-state index contributed by atoms with van der Waals surface area (Å²) in [5, 5.41) is 15.8. The van der Waals surface area contributed by atoms with Crippen LogP contribution in [-0.4, -0.2) is 15.1 Å². The van der Waals surface area contributed by atoms with Crippen LogP contribution < -0.4 is 0 Å². The molecule has 2 heterocycles. The molecule has 22 heavy (non-hydrogen) atoms. The van der Waals surface area contributed by atoms with Crippen molar-refractivity contribution in [3.63, 3.8) is 0 Å². The molecule has 3 aromatic rings. The minimum absolute atomic E-state index is 0.0923. The fourth-order valence-corrected chi connectivity index (χ4v) is 2.55. The fourth-order valence-electron chi connectivity index (χ4n) is 2.55. The van der Waals surface area contributed by atoms with Gasteiger partial charge in [0.15, 0.2) is 5.69 Å². The van der Waals surface area contributed by atoms with E-state index in [1.165, 1.54) is 5.56 Å². The van der Waals surface area contributed by atoms with Gasteiger partial charge < -0.3 is 9.51 Å². The van der Waals surface area contributed by atoms with Crippen LogP contribution in [0.4, 0.5) is 5.69 Å². The van der Waals surface area contributed by atoms with Gasteiger partial charge in [-0.1, -0.05) is 30.3 Å². The summed E-state index contributed by atoms with van der Waals surface area (Å²) in [4.78, 5) is 13.8. The Bertz CT molecular complexity index is 874. The van der Waals surface area contributed by atoms with E-state index in [1.54, 1.807) is 19.1 Å². The van der Waals surface area contributed by atoms with Gasteiger partial charge in [-0.15, -0.1) is 0 Å². The van der Waals surface area contributed by atoms with Crippen LogP contribution in [0.2, 0.25) is 0 Å². The Morgan fingerprint density at radius 3 is 2.95 bits per heavy atom. The lowest BCUT2D eigenvalue weighted by Gasteiger charge is -1.98. The molecule has 2 aromatic heterocycles. The number of hydrogen-bond acceptors (Lipinski definition) is 4. The number of aromatic amines is 1. The van der Waals surface area contributed by atoms with Crippen LogP contribution in [0.25, 0.3) is 23.1 Å². The van der Waals surface area contributed by atoms with E-state index in [9.17, 15) is 10.1 Å². The Morgan fingerprint density at radius 1 is 1.41 bits per heavy atom. The summed E-state index contributed by atoms with van der Waals surface area (Å²) in [6, 6.07) is 6.11. The minimum Gasteiger partial charge on any atom is -0.360 e. The number of rotatable bonds is 4. The molecule has 0 spiro atoms. The van der Waals surface area contributed by atoms with Gasteiger partial charge in [-0.2, -0.15) is 0 Å². The summed E-state index contributed by atoms with van der Waals surface area (Å²) in [5.74, 6) is 0.156. The predicted molar refractivity (Wildman–Crippen MR) is 84.5 cm³/mol. The van der Waals surface area contributed by atoms with Crippen LogP contribution in [0.5, 0.6) is 0 Å². The first-order chi connectivity index (χ1) is 10.6. The van der Waals surface area contributed by atoms with E-state index in [0.717, 1.165) is 22.9 Å². The number of H-pyrrole nitrogens is 1. The first-order valence-corrected chi connectivity index (χ1v) is 6.99. The Balaban J connectivity index is 2.02. The highest BCUT2D eigenvalue weighted by Gasteiger charge is 2.22. The highest BCUT2D eigenvalue weighted by Crippen LogP contribution is 2.27. The molecule has 0 aliphatic rings. The number of benzene rings is 1. The van der Waals surface area contributed by atoms with Gasteiger partial charge in [0.2, 0.25) is 5.76 Å². The van der Waals surface area contributed by atoms with Crippen molar-refractivity contribution in [2.75, 3.05) is 0 Å². The fraction of sp³-hybridized carbons (Fsp3) is 0.188. The number of hydrogen-bond donors (Lipinski definition) is 1. The van der Waals surface area contributed by atoms with Crippen molar-refractivity contribution < 1.29 is 9.45 Å². The molecule has 0 saturated carbocycles. The molecule has 0 atom stereocenters. The molecule has 0 aliphatic heterocycles. The summed E-state index contributed by atoms with van der Waals surface area (Å²) in [5.41, 5.74) is 3.46. The number of nitro groups is 1. The van der Waals surface area contributed by atoms with Crippen molar-refractivity contribution >= 4 is 28.7 Å². The van der Waals surface area contributed by atoms with E-state index in [-0.39, 0.29) is 17.1 Å². The van der Waals surface area contributed by atoms with E-state index < -0.39 is 4.92 Å². The second-order valence-electron chi connectivity index (χ2n) is 5.01. The normalized spacial score (nSPS) is 11.5. The lowest BCUT2D eigenvalue weighted by Crippen LogP contribution is -1.90. The molecule has 6 nitrogen and oxygen atoms in total. The molecule has 1 aromatic carbocycles. The van der Waals surface area contributed by atoms with E-state index >= 15 is 0 Å². The standard InChI is InChI=1S/C16H15N3O3/c1-3-11-5-4-6-13-12(9-17-15(11)13)7-8-14-16(19(20)21)10(2)18-22-14/h4-9,17H,3H2,1-2H3/b8-7+. The van der Waals surface area contributed by atoms with Crippen molar-refractivity contribution in [2.45, 2.75) is 20.3 Å². The molecule has 0 radical (unpaired) electrons. The average Bonchev–Trinajstić information content (AvgIpc) is 3.08. The van der Waals surface area contributed by atoms with E-state index in [1.807, 2.05) is 18.3 Å². The van der Waals surface area contributed by atoms with Crippen LogP contribution in [0, 0.1) is 17.0 Å². The largest absolute Gasteiger partial charge is 0.360 e. The molecule has 0 saturated heterocycles.